The van der Waals surface area contributed by atoms with Crippen LogP contribution >= 0.6 is 0 Å². The Morgan fingerprint density at radius 3 is 2.64 bits per heavy atom. The van der Waals surface area contributed by atoms with E-state index in [2.05, 4.69) is 20.4 Å². The molecule has 0 spiro atoms. The molecule has 11 heavy (non-hydrogen) atoms. The molecule has 2 atom stereocenters. The largest absolute Gasteiger partial charge is 0.396 e. The lowest BCUT2D eigenvalue weighted by atomic mass is 9.57. The molecule has 0 heterocycles. The third kappa shape index (κ3) is 1.48. The first-order valence-electron chi connectivity index (χ1n) is 4.36. The molecular weight excluding hydrogens is 136 g/mol. The molecule has 1 heteroatoms. The Hall–Kier alpha value is -0.300. The highest BCUT2D eigenvalue weighted by Gasteiger charge is 2.41. The zero-order chi connectivity index (χ0) is 8.48. The summed E-state index contributed by atoms with van der Waals surface area (Å²) in [5.41, 5.74) is 1.65. The second kappa shape index (κ2) is 2.98. The molecule has 1 rings (SSSR count). The van der Waals surface area contributed by atoms with Gasteiger partial charge in [0.25, 0.3) is 0 Å². The van der Waals surface area contributed by atoms with E-state index in [0.717, 1.165) is 6.42 Å². The molecule has 0 saturated heterocycles. The van der Waals surface area contributed by atoms with Gasteiger partial charge in [0.15, 0.2) is 0 Å². The van der Waals surface area contributed by atoms with Crippen molar-refractivity contribution in [3.05, 3.63) is 12.2 Å². The number of rotatable bonds is 3. The van der Waals surface area contributed by atoms with Gasteiger partial charge in [0, 0.05) is 6.61 Å². The standard InChI is InChI=1S/C10H18O/c1-8(2)9-4-5-10(9,3)6-7-11/h9,11H,1,4-7H2,2-3H3. The summed E-state index contributed by atoms with van der Waals surface area (Å²) in [7, 11) is 0. The first-order valence-corrected chi connectivity index (χ1v) is 4.36. The van der Waals surface area contributed by atoms with Crippen molar-refractivity contribution in [2.75, 3.05) is 6.61 Å². The minimum Gasteiger partial charge on any atom is -0.396 e. The molecule has 0 aromatic heterocycles. The van der Waals surface area contributed by atoms with Crippen LogP contribution in [0.1, 0.15) is 33.1 Å². The van der Waals surface area contributed by atoms with Crippen LogP contribution in [-0.2, 0) is 0 Å². The minimum absolute atomic E-state index is 0.320. The molecule has 1 fully saturated rings. The zero-order valence-electron chi connectivity index (χ0n) is 7.56. The smallest absolute Gasteiger partial charge is 0.0436 e. The third-order valence-corrected chi connectivity index (χ3v) is 3.12. The molecule has 64 valence electrons. The maximum absolute atomic E-state index is 8.84. The van der Waals surface area contributed by atoms with Crippen LogP contribution in [0.3, 0.4) is 0 Å². The SMILES string of the molecule is C=C(C)C1CCC1(C)CCO. The van der Waals surface area contributed by atoms with E-state index in [4.69, 9.17) is 5.11 Å². The summed E-state index contributed by atoms with van der Waals surface area (Å²) < 4.78 is 0. The summed E-state index contributed by atoms with van der Waals surface area (Å²) in [6, 6.07) is 0. The van der Waals surface area contributed by atoms with E-state index in [1.165, 1.54) is 18.4 Å². The fraction of sp³-hybridized carbons (Fsp3) is 0.800. The monoisotopic (exact) mass is 154 g/mol. The maximum Gasteiger partial charge on any atom is 0.0436 e. The van der Waals surface area contributed by atoms with Crippen LogP contribution in [0.15, 0.2) is 12.2 Å². The lowest BCUT2D eigenvalue weighted by Crippen LogP contribution is -2.38. The van der Waals surface area contributed by atoms with Crippen LogP contribution in [0.25, 0.3) is 0 Å². The van der Waals surface area contributed by atoms with E-state index in [-0.39, 0.29) is 0 Å². The van der Waals surface area contributed by atoms with Crippen LogP contribution in [0.5, 0.6) is 0 Å². The van der Waals surface area contributed by atoms with Crippen molar-refractivity contribution in [1.82, 2.24) is 0 Å². The van der Waals surface area contributed by atoms with E-state index in [0.29, 0.717) is 17.9 Å². The van der Waals surface area contributed by atoms with Crippen molar-refractivity contribution in [2.45, 2.75) is 33.1 Å². The van der Waals surface area contributed by atoms with E-state index in [1.54, 1.807) is 0 Å². The van der Waals surface area contributed by atoms with Crippen LogP contribution in [0.2, 0.25) is 0 Å². The molecule has 1 nitrogen and oxygen atoms in total. The second-order valence-corrected chi connectivity index (χ2v) is 4.07. The molecule has 0 amide bonds. The lowest BCUT2D eigenvalue weighted by molar-refractivity contribution is 0.0472. The van der Waals surface area contributed by atoms with Gasteiger partial charge < -0.3 is 5.11 Å². The number of hydrogen-bond acceptors (Lipinski definition) is 1. The predicted molar refractivity (Wildman–Crippen MR) is 47.3 cm³/mol. The Morgan fingerprint density at radius 2 is 2.36 bits per heavy atom. The number of aliphatic hydroxyl groups is 1. The lowest BCUT2D eigenvalue weighted by Gasteiger charge is -2.47. The highest BCUT2D eigenvalue weighted by atomic mass is 16.3. The Labute approximate surface area is 69.1 Å². The van der Waals surface area contributed by atoms with Gasteiger partial charge in [-0.25, -0.2) is 0 Å². The molecule has 1 aliphatic carbocycles. The highest BCUT2D eigenvalue weighted by Crippen LogP contribution is 2.51. The van der Waals surface area contributed by atoms with Crippen LogP contribution in [0.4, 0.5) is 0 Å². The predicted octanol–water partition coefficient (Wildman–Crippen LogP) is 2.36. The van der Waals surface area contributed by atoms with Gasteiger partial charge in [0.2, 0.25) is 0 Å². The molecule has 1 aliphatic rings. The maximum atomic E-state index is 8.84. The quantitative estimate of drug-likeness (QED) is 0.619. The second-order valence-electron chi connectivity index (χ2n) is 4.07. The Kier molecular flexibility index (Phi) is 2.38. The molecule has 0 aromatic carbocycles. The highest BCUT2D eigenvalue weighted by molar-refractivity contribution is 5.09. The minimum atomic E-state index is 0.320. The fourth-order valence-electron chi connectivity index (χ4n) is 2.18. The van der Waals surface area contributed by atoms with Crippen molar-refractivity contribution in [2.24, 2.45) is 11.3 Å². The number of hydrogen-bond donors (Lipinski definition) is 1. The van der Waals surface area contributed by atoms with E-state index in [1.807, 2.05) is 0 Å². The molecule has 0 radical (unpaired) electrons. The average molecular weight is 154 g/mol. The van der Waals surface area contributed by atoms with Crippen molar-refractivity contribution in [3.8, 4) is 0 Å². The first kappa shape index (κ1) is 8.79. The van der Waals surface area contributed by atoms with Crippen LogP contribution < -0.4 is 0 Å². The normalized spacial score (nSPS) is 36.5. The summed E-state index contributed by atoms with van der Waals surface area (Å²) in [5, 5.41) is 8.84. The summed E-state index contributed by atoms with van der Waals surface area (Å²) in [6.07, 6.45) is 3.46. The first-order chi connectivity index (χ1) is 5.10. The van der Waals surface area contributed by atoms with Crippen molar-refractivity contribution >= 4 is 0 Å². The average Bonchev–Trinajstić information content (AvgIpc) is 1.85. The molecule has 1 N–H and O–H groups in total. The molecular formula is C10H18O. The van der Waals surface area contributed by atoms with Gasteiger partial charge in [-0.15, -0.1) is 0 Å². The molecule has 0 bridgehead atoms. The van der Waals surface area contributed by atoms with Gasteiger partial charge in [-0.05, 0) is 37.5 Å². The van der Waals surface area contributed by atoms with Crippen LogP contribution in [-0.4, -0.2) is 11.7 Å². The summed E-state index contributed by atoms with van der Waals surface area (Å²) in [5.74, 6) is 0.662. The van der Waals surface area contributed by atoms with Gasteiger partial charge in [-0.1, -0.05) is 19.1 Å². The zero-order valence-corrected chi connectivity index (χ0v) is 7.56. The van der Waals surface area contributed by atoms with Gasteiger partial charge in [0.1, 0.15) is 0 Å². The third-order valence-electron chi connectivity index (χ3n) is 3.12. The number of aliphatic hydroxyl groups excluding tert-OH is 1. The fourth-order valence-corrected chi connectivity index (χ4v) is 2.18. The van der Waals surface area contributed by atoms with Gasteiger partial charge >= 0.3 is 0 Å². The van der Waals surface area contributed by atoms with E-state index < -0.39 is 0 Å². The Morgan fingerprint density at radius 1 is 1.73 bits per heavy atom. The Bertz CT molecular complexity index is 162. The van der Waals surface area contributed by atoms with Crippen molar-refractivity contribution in [1.29, 1.82) is 0 Å². The molecule has 1 saturated carbocycles. The Balaban J connectivity index is 2.52. The topological polar surface area (TPSA) is 20.2 Å². The molecule has 0 aromatic rings. The summed E-state index contributed by atoms with van der Waals surface area (Å²) in [6.45, 7) is 8.65. The van der Waals surface area contributed by atoms with Crippen LogP contribution in [0, 0.1) is 11.3 Å². The summed E-state index contributed by atoms with van der Waals surface area (Å²) >= 11 is 0. The molecule has 2 unspecified atom stereocenters. The van der Waals surface area contributed by atoms with Crippen molar-refractivity contribution < 1.29 is 5.11 Å². The van der Waals surface area contributed by atoms with Gasteiger partial charge in [-0.2, -0.15) is 0 Å². The van der Waals surface area contributed by atoms with E-state index >= 15 is 0 Å². The van der Waals surface area contributed by atoms with Gasteiger partial charge in [0.05, 0.1) is 0 Å². The van der Waals surface area contributed by atoms with E-state index in [9.17, 15) is 0 Å². The summed E-state index contributed by atoms with van der Waals surface area (Å²) in [4.78, 5) is 0. The van der Waals surface area contributed by atoms with Crippen molar-refractivity contribution in [3.63, 3.8) is 0 Å². The number of allylic oxidation sites excluding steroid dienone is 1. The van der Waals surface area contributed by atoms with Gasteiger partial charge in [-0.3, -0.25) is 0 Å². The molecule has 0 aliphatic heterocycles.